The Balaban J connectivity index is 1.52. The number of nitrogens with one attached hydrogen (secondary N) is 2. The predicted molar refractivity (Wildman–Crippen MR) is 115 cm³/mol. The molecule has 0 spiro atoms. The maximum Gasteiger partial charge on any atom is 0.241 e. The van der Waals surface area contributed by atoms with Crippen LogP contribution in [-0.4, -0.2) is 33.0 Å². The lowest BCUT2D eigenvalue weighted by Gasteiger charge is -2.10. The fraction of sp³-hybridized carbons (Fsp3) is 0.190. The summed E-state index contributed by atoms with van der Waals surface area (Å²) in [6.45, 7) is 3.52. The molecule has 0 fully saturated rings. The van der Waals surface area contributed by atoms with Gasteiger partial charge in [-0.05, 0) is 36.8 Å². The summed E-state index contributed by atoms with van der Waals surface area (Å²) in [5.74, 6) is 0. The lowest BCUT2D eigenvalue weighted by molar-refractivity contribution is 0.579. The van der Waals surface area contributed by atoms with Crippen LogP contribution in [0.5, 0.6) is 0 Å². The van der Waals surface area contributed by atoms with Crippen molar-refractivity contribution in [3.05, 3.63) is 77.1 Å². The van der Waals surface area contributed by atoms with Crippen LogP contribution in [0, 0.1) is 0 Å². The van der Waals surface area contributed by atoms with Crippen molar-refractivity contribution < 1.29 is 8.42 Å². The molecule has 0 bridgehead atoms. The maximum atomic E-state index is 12.6. The highest BCUT2D eigenvalue weighted by molar-refractivity contribution is 7.89. The second-order valence-electron chi connectivity index (χ2n) is 6.47. The number of halogens is 1. The van der Waals surface area contributed by atoms with Crippen LogP contribution >= 0.6 is 11.6 Å². The second kappa shape index (κ2) is 9.30. The van der Waals surface area contributed by atoms with E-state index in [1.807, 2.05) is 37.3 Å². The van der Waals surface area contributed by atoms with Crippen LogP contribution in [0.25, 0.3) is 16.8 Å². The SMILES string of the molecule is C/C(=C\c1ccc(Cl)cc1)CNCCNS(=O)(=O)c1cccc2cnccc12. The lowest BCUT2D eigenvalue weighted by Crippen LogP contribution is -2.32. The molecule has 146 valence electrons. The molecule has 3 rings (SSSR count). The number of pyridine rings is 1. The van der Waals surface area contributed by atoms with Gasteiger partial charge in [0.15, 0.2) is 0 Å². The third-order valence-electron chi connectivity index (χ3n) is 4.21. The Hall–Kier alpha value is -2.25. The molecule has 7 heteroatoms. The van der Waals surface area contributed by atoms with Gasteiger partial charge in [0.1, 0.15) is 0 Å². The van der Waals surface area contributed by atoms with Crippen molar-refractivity contribution in [3.8, 4) is 0 Å². The van der Waals surface area contributed by atoms with E-state index in [0.717, 1.165) is 16.5 Å². The average Bonchev–Trinajstić information content (AvgIpc) is 2.69. The molecule has 1 aromatic heterocycles. The Morgan fingerprint density at radius 3 is 2.68 bits per heavy atom. The van der Waals surface area contributed by atoms with E-state index in [9.17, 15) is 8.42 Å². The molecule has 2 aromatic carbocycles. The van der Waals surface area contributed by atoms with Gasteiger partial charge in [-0.25, -0.2) is 13.1 Å². The molecule has 0 unspecified atom stereocenters. The van der Waals surface area contributed by atoms with Gasteiger partial charge in [-0.2, -0.15) is 0 Å². The van der Waals surface area contributed by atoms with E-state index in [4.69, 9.17) is 11.6 Å². The molecule has 0 amide bonds. The van der Waals surface area contributed by atoms with Gasteiger partial charge in [-0.15, -0.1) is 0 Å². The Kier molecular flexibility index (Phi) is 6.80. The third kappa shape index (κ3) is 5.39. The van der Waals surface area contributed by atoms with Crippen molar-refractivity contribution in [3.63, 3.8) is 0 Å². The van der Waals surface area contributed by atoms with E-state index in [2.05, 4.69) is 21.1 Å². The minimum Gasteiger partial charge on any atom is -0.312 e. The van der Waals surface area contributed by atoms with Gasteiger partial charge in [-0.1, -0.05) is 47.5 Å². The summed E-state index contributed by atoms with van der Waals surface area (Å²) in [5, 5.41) is 5.42. The Morgan fingerprint density at radius 2 is 1.89 bits per heavy atom. The van der Waals surface area contributed by atoms with Crippen molar-refractivity contribution in [1.29, 1.82) is 0 Å². The number of aromatic nitrogens is 1. The number of sulfonamides is 1. The standard InChI is InChI=1S/C21H22ClN3O2S/c1-16(13-17-5-7-19(22)8-6-17)14-24-11-12-25-28(26,27)21-4-2-3-18-15-23-10-9-20(18)21/h2-10,13,15,24-25H,11-12,14H2,1H3/b16-13+. The Labute approximate surface area is 170 Å². The molecular weight excluding hydrogens is 394 g/mol. The predicted octanol–water partition coefficient (Wildman–Crippen LogP) is 3.86. The van der Waals surface area contributed by atoms with E-state index in [0.29, 0.717) is 30.0 Å². The fourth-order valence-electron chi connectivity index (χ4n) is 2.86. The summed E-state index contributed by atoms with van der Waals surface area (Å²) < 4.78 is 27.9. The smallest absolute Gasteiger partial charge is 0.241 e. The minimum absolute atomic E-state index is 0.270. The highest BCUT2D eigenvalue weighted by Crippen LogP contribution is 2.21. The van der Waals surface area contributed by atoms with E-state index < -0.39 is 10.0 Å². The van der Waals surface area contributed by atoms with Gasteiger partial charge >= 0.3 is 0 Å². The molecule has 0 saturated carbocycles. The molecule has 3 aromatic rings. The van der Waals surface area contributed by atoms with Crippen LogP contribution in [0.2, 0.25) is 5.02 Å². The van der Waals surface area contributed by atoms with E-state index in [1.165, 1.54) is 0 Å². The maximum absolute atomic E-state index is 12.6. The molecule has 0 aliphatic carbocycles. The monoisotopic (exact) mass is 415 g/mol. The molecule has 28 heavy (non-hydrogen) atoms. The van der Waals surface area contributed by atoms with E-state index in [1.54, 1.807) is 30.6 Å². The molecule has 0 aliphatic heterocycles. The third-order valence-corrected chi connectivity index (χ3v) is 5.98. The first-order valence-electron chi connectivity index (χ1n) is 8.91. The number of fused-ring (bicyclic) bond motifs is 1. The van der Waals surface area contributed by atoms with Gasteiger partial charge in [0.25, 0.3) is 0 Å². The largest absolute Gasteiger partial charge is 0.312 e. The van der Waals surface area contributed by atoms with Gasteiger partial charge < -0.3 is 5.32 Å². The topological polar surface area (TPSA) is 71.1 Å². The van der Waals surface area contributed by atoms with Crippen molar-refractivity contribution in [1.82, 2.24) is 15.0 Å². The zero-order valence-corrected chi connectivity index (χ0v) is 17.1. The summed E-state index contributed by atoms with van der Waals surface area (Å²) in [4.78, 5) is 4.31. The molecule has 1 heterocycles. The normalized spacial score (nSPS) is 12.4. The summed E-state index contributed by atoms with van der Waals surface area (Å²) in [6.07, 6.45) is 5.32. The minimum atomic E-state index is -3.59. The molecular formula is C21H22ClN3O2S. The first-order chi connectivity index (χ1) is 13.5. The molecule has 0 atom stereocenters. The zero-order chi connectivity index (χ0) is 20.0. The van der Waals surface area contributed by atoms with Crippen molar-refractivity contribution in [2.75, 3.05) is 19.6 Å². The zero-order valence-electron chi connectivity index (χ0n) is 15.5. The lowest BCUT2D eigenvalue weighted by atomic mass is 10.1. The van der Waals surface area contributed by atoms with Crippen LogP contribution in [-0.2, 0) is 10.0 Å². The average molecular weight is 416 g/mol. The number of hydrogen-bond acceptors (Lipinski definition) is 4. The van der Waals surface area contributed by atoms with Crippen LogP contribution in [0.3, 0.4) is 0 Å². The van der Waals surface area contributed by atoms with Crippen LogP contribution < -0.4 is 10.0 Å². The molecule has 2 N–H and O–H groups in total. The Bertz CT molecular complexity index is 1080. The van der Waals surface area contributed by atoms with Crippen LogP contribution in [0.1, 0.15) is 12.5 Å². The van der Waals surface area contributed by atoms with Crippen LogP contribution in [0.15, 0.2) is 71.4 Å². The highest BCUT2D eigenvalue weighted by Gasteiger charge is 2.16. The number of nitrogens with zero attached hydrogens (tertiary/aromatic N) is 1. The second-order valence-corrected chi connectivity index (χ2v) is 8.64. The molecule has 0 aliphatic rings. The molecule has 0 saturated heterocycles. The van der Waals surface area contributed by atoms with Gasteiger partial charge in [-0.3, -0.25) is 4.98 Å². The quantitative estimate of drug-likeness (QED) is 0.548. The van der Waals surface area contributed by atoms with Crippen molar-refractivity contribution in [2.24, 2.45) is 0 Å². The van der Waals surface area contributed by atoms with E-state index >= 15 is 0 Å². The summed E-state index contributed by atoms with van der Waals surface area (Å²) in [5.41, 5.74) is 2.22. The van der Waals surface area contributed by atoms with Crippen LogP contribution in [0.4, 0.5) is 0 Å². The first kappa shape index (κ1) is 20.5. The number of benzene rings is 2. The fourth-order valence-corrected chi connectivity index (χ4v) is 4.24. The van der Waals surface area contributed by atoms with Crippen molar-refractivity contribution in [2.45, 2.75) is 11.8 Å². The number of rotatable bonds is 8. The summed E-state index contributed by atoms with van der Waals surface area (Å²) >= 11 is 5.89. The van der Waals surface area contributed by atoms with Gasteiger partial charge in [0.05, 0.1) is 4.90 Å². The Morgan fingerprint density at radius 1 is 1.11 bits per heavy atom. The first-order valence-corrected chi connectivity index (χ1v) is 10.8. The van der Waals surface area contributed by atoms with Gasteiger partial charge in [0.2, 0.25) is 10.0 Å². The summed E-state index contributed by atoms with van der Waals surface area (Å²) in [6, 6.07) is 14.5. The van der Waals surface area contributed by atoms with Crippen molar-refractivity contribution >= 4 is 38.5 Å². The summed E-state index contributed by atoms with van der Waals surface area (Å²) in [7, 11) is -3.59. The highest BCUT2D eigenvalue weighted by atomic mass is 35.5. The van der Waals surface area contributed by atoms with E-state index in [-0.39, 0.29) is 4.90 Å². The number of hydrogen-bond donors (Lipinski definition) is 2. The molecule has 5 nitrogen and oxygen atoms in total. The molecule has 0 radical (unpaired) electrons. The van der Waals surface area contributed by atoms with Gasteiger partial charge in [0, 0.05) is 47.8 Å².